The van der Waals surface area contributed by atoms with Gasteiger partial charge in [-0.3, -0.25) is 0 Å². The van der Waals surface area contributed by atoms with E-state index in [2.05, 4.69) is 52.9 Å². The molecule has 0 rings (SSSR count). The highest BCUT2D eigenvalue weighted by Crippen LogP contribution is 2.10. The van der Waals surface area contributed by atoms with E-state index in [0.29, 0.717) is 0 Å². The summed E-state index contributed by atoms with van der Waals surface area (Å²) in [5, 5.41) is 1.03. The predicted octanol–water partition coefficient (Wildman–Crippen LogP) is 7.35. The molecule has 0 nitrogen and oxygen atoms in total. The topological polar surface area (TPSA) is 0 Å². The van der Waals surface area contributed by atoms with Crippen LogP contribution in [0.1, 0.15) is 84.0 Å². The van der Waals surface area contributed by atoms with E-state index in [1.807, 2.05) is 0 Å². The fourth-order valence-corrected chi connectivity index (χ4v) is 2.37. The zero-order valence-electron chi connectivity index (χ0n) is 13.4. The average molecular weight is 341 g/mol. The summed E-state index contributed by atoms with van der Waals surface area (Å²) in [4.78, 5) is 0. The van der Waals surface area contributed by atoms with Crippen LogP contribution in [0.5, 0.6) is 0 Å². The van der Waals surface area contributed by atoms with Gasteiger partial charge in [0.1, 0.15) is 0 Å². The number of halogens is 1. The number of allylic oxidation sites excluding steroid dienone is 3. The highest BCUT2D eigenvalue weighted by Gasteiger charge is 1.90. The molecule has 0 spiro atoms. The SMILES string of the molecule is CCCCCCCCCCC/C=C\CC=C=CCCBr. The van der Waals surface area contributed by atoms with Gasteiger partial charge >= 0.3 is 0 Å². The molecular formula is C19H33Br. The monoisotopic (exact) mass is 340 g/mol. The maximum absolute atomic E-state index is 3.39. The minimum absolute atomic E-state index is 1.02. The van der Waals surface area contributed by atoms with Crippen molar-refractivity contribution < 1.29 is 0 Å². The fraction of sp³-hybridized carbons (Fsp3) is 0.737. The van der Waals surface area contributed by atoms with Gasteiger partial charge in [-0.2, -0.15) is 0 Å². The summed E-state index contributed by atoms with van der Waals surface area (Å²) < 4.78 is 0. The molecule has 0 fully saturated rings. The van der Waals surface area contributed by atoms with E-state index in [1.54, 1.807) is 0 Å². The van der Waals surface area contributed by atoms with Gasteiger partial charge in [0.2, 0.25) is 0 Å². The van der Waals surface area contributed by atoms with Gasteiger partial charge in [-0.05, 0) is 37.8 Å². The van der Waals surface area contributed by atoms with Gasteiger partial charge in [0, 0.05) is 5.33 Å². The van der Waals surface area contributed by atoms with Crippen molar-refractivity contribution in [2.45, 2.75) is 84.0 Å². The van der Waals surface area contributed by atoms with E-state index in [0.717, 1.165) is 18.2 Å². The molecule has 0 aliphatic carbocycles. The van der Waals surface area contributed by atoms with Gasteiger partial charge in [0.05, 0.1) is 0 Å². The van der Waals surface area contributed by atoms with Crippen LogP contribution in [0.2, 0.25) is 0 Å². The van der Waals surface area contributed by atoms with Crippen molar-refractivity contribution in [3.8, 4) is 0 Å². The molecule has 0 saturated carbocycles. The van der Waals surface area contributed by atoms with E-state index in [-0.39, 0.29) is 0 Å². The highest BCUT2D eigenvalue weighted by molar-refractivity contribution is 9.09. The Hall–Kier alpha value is -0.260. The van der Waals surface area contributed by atoms with Crippen LogP contribution in [0.3, 0.4) is 0 Å². The van der Waals surface area contributed by atoms with Crippen molar-refractivity contribution in [3.05, 3.63) is 30.0 Å². The van der Waals surface area contributed by atoms with Crippen LogP contribution in [0.4, 0.5) is 0 Å². The molecular weight excluding hydrogens is 308 g/mol. The predicted molar refractivity (Wildman–Crippen MR) is 96.7 cm³/mol. The molecule has 0 heterocycles. The van der Waals surface area contributed by atoms with Gasteiger partial charge in [-0.25, -0.2) is 0 Å². The standard InChI is InChI=1S/C19H33Br/c1-2-3-4-5-6-7-8-9-10-11-12-13-14-15-16-17-18-19-20/h12-13,15,17H,2-11,14,18-19H2,1H3/b13-12-. The summed E-state index contributed by atoms with van der Waals surface area (Å²) in [6, 6.07) is 0. The third-order valence-corrected chi connectivity index (χ3v) is 3.84. The number of hydrogen-bond acceptors (Lipinski definition) is 0. The van der Waals surface area contributed by atoms with Crippen LogP contribution in [0, 0.1) is 0 Å². The molecule has 0 saturated heterocycles. The molecule has 0 aromatic heterocycles. The molecule has 1 heteroatoms. The summed E-state index contributed by atoms with van der Waals surface area (Å²) in [5.74, 6) is 0. The summed E-state index contributed by atoms with van der Waals surface area (Å²) in [6.07, 6.45) is 24.8. The largest absolute Gasteiger partial charge is 0.129 e. The Kier molecular flexibility index (Phi) is 18.5. The maximum Gasteiger partial charge on any atom is 0.00719 e. The normalized spacial score (nSPS) is 10.7. The van der Waals surface area contributed by atoms with Gasteiger partial charge in [0.15, 0.2) is 0 Å². The first-order valence-corrected chi connectivity index (χ1v) is 9.64. The van der Waals surface area contributed by atoms with Crippen LogP contribution < -0.4 is 0 Å². The third kappa shape index (κ3) is 17.7. The Labute approximate surface area is 135 Å². The maximum atomic E-state index is 3.39. The van der Waals surface area contributed by atoms with E-state index in [4.69, 9.17) is 0 Å². The first-order chi connectivity index (χ1) is 9.91. The second-order valence-corrected chi connectivity index (χ2v) is 6.17. The molecule has 0 atom stereocenters. The molecule has 0 amide bonds. The lowest BCUT2D eigenvalue weighted by molar-refractivity contribution is 0.566. The minimum Gasteiger partial charge on any atom is -0.129 e. The second kappa shape index (κ2) is 18.7. The van der Waals surface area contributed by atoms with Gasteiger partial charge < -0.3 is 0 Å². The van der Waals surface area contributed by atoms with Crippen LogP contribution >= 0.6 is 15.9 Å². The molecule has 0 unspecified atom stereocenters. The minimum atomic E-state index is 1.02. The van der Waals surface area contributed by atoms with Gasteiger partial charge in [0.25, 0.3) is 0 Å². The van der Waals surface area contributed by atoms with Crippen LogP contribution in [-0.4, -0.2) is 5.33 Å². The smallest absolute Gasteiger partial charge is 0.00719 e. The third-order valence-electron chi connectivity index (χ3n) is 3.38. The van der Waals surface area contributed by atoms with Crippen molar-refractivity contribution in [3.63, 3.8) is 0 Å². The Morgan fingerprint density at radius 3 is 2.05 bits per heavy atom. The first kappa shape index (κ1) is 19.7. The summed E-state index contributed by atoms with van der Waals surface area (Å²) in [5.41, 5.74) is 3.19. The Balaban J connectivity index is 3.17. The van der Waals surface area contributed by atoms with Gasteiger partial charge in [-0.15, -0.1) is 5.73 Å². The molecule has 116 valence electrons. The van der Waals surface area contributed by atoms with E-state index >= 15 is 0 Å². The van der Waals surface area contributed by atoms with Crippen molar-refractivity contribution in [2.24, 2.45) is 0 Å². The zero-order chi connectivity index (χ0) is 14.7. The van der Waals surface area contributed by atoms with Crippen molar-refractivity contribution in [1.29, 1.82) is 0 Å². The van der Waals surface area contributed by atoms with E-state index in [9.17, 15) is 0 Å². The van der Waals surface area contributed by atoms with Crippen LogP contribution in [0.25, 0.3) is 0 Å². The lowest BCUT2D eigenvalue weighted by Gasteiger charge is -2.00. The number of hydrogen-bond donors (Lipinski definition) is 0. The quantitative estimate of drug-likeness (QED) is 0.134. The first-order valence-electron chi connectivity index (χ1n) is 8.52. The average Bonchev–Trinajstić information content (AvgIpc) is 2.47. The van der Waals surface area contributed by atoms with Gasteiger partial charge in [-0.1, -0.05) is 86.4 Å². The lowest BCUT2D eigenvalue weighted by Crippen LogP contribution is -1.80. The van der Waals surface area contributed by atoms with E-state index < -0.39 is 0 Å². The number of rotatable bonds is 14. The Bertz CT molecular complexity index is 259. The van der Waals surface area contributed by atoms with Crippen molar-refractivity contribution in [1.82, 2.24) is 0 Å². The highest BCUT2D eigenvalue weighted by atomic mass is 79.9. The Morgan fingerprint density at radius 1 is 0.750 bits per heavy atom. The summed E-state index contributed by atoms with van der Waals surface area (Å²) in [7, 11) is 0. The van der Waals surface area contributed by atoms with Crippen LogP contribution in [0.15, 0.2) is 30.0 Å². The zero-order valence-corrected chi connectivity index (χ0v) is 15.0. The van der Waals surface area contributed by atoms with Crippen molar-refractivity contribution in [2.75, 3.05) is 5.33 Å². The molecule has 0 aliphatic heterocycles. The molecule has 0 radical (unpaired) electrons. The van der Waals surface area contributed by atoms with Crippen molar-refractivity contribution >= 4 is 15.9 Å². The Morgan fingerprint density at radius 2 is 1.40 bits per heavy atom. The lowest BCUT2D eigenvalue weighted by atomic mass is 10.1. The molecule has 0 aromatic carbocycles. The summed E-state index contributed by atoms with van der Waals surface area (Å²) in [6.45, 7) is 2.28. The van der Waals surface area contributed by atoms with Crippen LogP contribution in [-0.2, 0) is 0 Å². The molecule has 0 N–H and O–H groups in total. The summed E-state index contributed by atoms with van der Waals surface area (Å²) >= 11 is 3.39. The number of alkyl halides is 1. The molecule has 0 aromatic rings. The fourth-order valence-electron chi connectivity index (χ4n) is 2.14. The number of unbranched alkanes of at least 4 members (excludes halogenated alkanes) is 9. The molecule has 0 aliphatic rings. The second-order valence-electron chi connectivity index (χ2n) is 5.38. The molecule has 0 bridgehead atoms. The molecule has 20 heavy (non-hydrogen) atoms. The van der Waals surface area contributed by atoms with E-state index in [1.165, 1.54) is 64.2 Å².